The van der Waals surface area contributed by atoms with Crippen LogP contribution in [0, 0.1) is 11.6 Å². The molecule has 2 N–H and O–H groups in total. The SMILES string of the molecule is Nc1nc2cc(F)c(C(=O)N(Cc3ccc(OC(F)F)cc3F)C3C=C=CC3)cc2n2cncc12. The van der Waals surface area contributed by atoms with Crippen LogP contribution in [0.3, 0.4) is 0 Å². The molecule has 5 rings (SSSR count). The second-order valence-corrected chi connectivity index (χ2v) is 7.87. The molecule has 178 valence electrons. The number of aromatic nitrogens is 3. The summed E-state index contributed by atoms with van der Waals surface area (Å²) in [5.74, 6) is -2.55. The number of nitrogens with two attached hydrogens (primary N) is 1. The lowest BCUT2D eigenvalue weighted by molar-refractivity contribution is -0.0500. The van der Waals surface area contributed by atoms with E-state index in [1.54, 1.807) is 16.6 Å². The van der Waals surface area contributed by atoms with Crippen LogP contribution in [0.2, 0.25) is 0 Å². The number of carbonyl (C=O) groups excluding carboxylic acids is 1. The summed E-state index contributed by atoms with van der Waals surface area (Å²) in [5, 5.41) is 0. The van der Waals surface area contributed by atoms with Gasteiger partial charge in [0.1, 0.15) is 28.7 Å². The Labute approximate surface area is 195 Å². The molecule has 1 atom stereocenters. The molecule has 2 heterocycles. The van der Waals surface area contributed by atoms with E-state index in [9.17, 15) is 18.0 Å². The number of hydrogen-bond donors (Lipinski definition) is 1. The van der Waals surface area contributed by atoms with Crippen molar-refractivity contribution in [3.63, 3.8) is 0 Å². The molecule has 35 heavy (non-hydrogen) atoms. The first-order chi connectivity index (χ1) is 16.8. The van der Waals surface area contributed by atoms with Crippen LogP contribution in [0.4, 0.5) is 23.4 Å². The molecule has 1 unspecified atom stereocenters. The van der Waals surface area contributed by atoms with Gasteiger partial charge in [-0.15, -0.1) is 5.73 Å². The monoisotopic (exact) mass is 483 g/mol. The molecule has 0 fully saturated rings. The second-order valence-electron chi connectivity index (χ2n) is 7.87. The minimum absolute atomic E-state index is 0.0490. The number of anilines is 1. The van der Waals surface area contributed by atoms with E-state index < -0.39 is 30.2 Å². The van der Waals surface area contributed by atoms with Crippen LogP contribution in [0.5, 0.6) is 5.75 Å². The maximum Gasteiger partial charge on any atom is 0.387 e. The van der Waals surface area contributed by atoms with Crippen molar-refractivity contribution in [2.45, 2.75) is 25.6 Å². The highest BCUT2D eigenvalue weighted by atomic mass is 19.3. The average Bonchev–Trinajstić information content (AvgIpc) is 3.50. The standard InChI is InChI=1S/C24H17F4N5O2/c25-17-7-15(35-24(27)28)6-5-13(17)11-32(14-3-1-2-4-14)23(34)16-8-20-19(9-18(16)26)31-22(29)21-10-30-12-33(20)21/h1,4-10,12,14,24H,3,11H2,(H2,29,31). The van der Waals surface area contributed by atoms with Crippen LogP contribution in [0.15, 0.2) is 60.7 Å². The van der Waals surface area contributed by atoms with E-state index in [-0.39, 0.29) is 34.8 Å². The van der Waals surface area contributed by atoms with Crippen molar-refractivity contribution in [3.05, 3.63) is 83.5 Å². The van der Waals surface area contributed by atoms with E-state index in [4.69, 9.17) is 5.73 Å². The Kier molecular flexibility index (Phi) is 5.62. The predicted octanol–water partition coefficient (Wildman–Crippen LogP) is 4.47. The highest BCUT2D eigenvalue weighted by molar-refractivity contribution is 5.98. The molecule has 11 heteroatoms. The molecule has 7 nitrogen and oxygen atoms in total. The largest absolute Gasteiger partial charge is 0.435 e. The van der Waals surface area contributed by atoms with Crippen LogP contribution in [-0.2, 0) is 6.54 Å². The predicted molar refractivity (Wildman–Crippen MR) is 119 cm³/mol. The molecule has 1 aliphatic rings. The van der Waals surface area contributed by atoms with Crippen LogP contribution in [0.25, 0.3) is 16.6 Å². The molecule has 0 spiro atoms. The van der Waals surface area contributed by atoms with Crippen LogP contribution in [0.1, 0.15) is 22.3 Å². The fraction of sp³-hybridized carbons (Fsp3) is 0.167. The number of ether oxygens (including phenoxy) is 1. The van der Waals surface area contributed by atoms with E-state index in [0.29, 0.717) is 17.5 Å². The summed E-state index contributed by atoms with van der Waals surface area (Å²) >= 11 is 0. The van der Waals surface area contributed by atoms with E-state index in [1.807, 2.05) is 0 Å². The third kappa shape index (κ3) is 4.17. The summed E-state index contributed by atoms with van der Waals surface area (Å²) < 4.78 is 60.5. The molecule has 2 aromatic heterocycles. The number of hydrogen-bond acceptors (Lipinski definition) is 5. The summed E-state index contributed by atoms with van der Waals surface area (Å²) in [5.41, 5.74) is 9.74. The molecule has 1 aliphatic carbocycles. The number of fused-ring (bicyclic) bond motifs is 3. The summed E-state index contributed by atoms with van der Waals surface area (Å²) in [7, 11) is 0. The first kappa shape index (κ1) is 22.4. The molecule has 0 saturated carbocycles. The third-order valence-corrected chi connectivity index (χ3v) is 5.71. The number of rotatable bonds is 6. The number of nitrogens with zero attached hydrogens (tertiary/aromatic N) is 4. The Morgan fingerprint density at radius 3 is 2.77 bits per heavy atom. The fourth-order valence-electron chi connectivity index (χ4n) is 4.02. The lowest BCUT2D eigenvalue weighted by Gasteiger charge is -2.28. The Hall–Kier alpha value is -4.37. The zero-order chi connectivity index (χ0) is 24.7. The van der Waals surface area contributed by atoms with Gasteiger partial charge in [-0.2, -0.15) is 8.78 Å². The van der Waals surface area contributed by atoms with Gasteiger partial charge in [-0.05, 0) is 30.7 Å². The first-order valence-corrected chi connectivity index (χ1v) is 10.5. The Balaban J connectivity index is 1.54. The molecule has 0 radical (unpaired) electrons. The van der Waals surface area contributed by atoms with Crippen molar-refractivity contribution >= 4 is 28.3 Å². The minimum atomic E-state index is -3.10. The van der Waals surface area contributed by atoms with Crippen molar-refractivity contribution in [1.82, 2.24) is 19.3 Å². The maximum absolute atomic E-state index is 15.1. The number of amides is 1. The van der Waals surface area contributed by atoms with Gasteiger partial charge in [0.25, 0.3) is 5.91 Å². The zero-order valence-corrected chi connectivity index (χ0v) is 18.0. The topological polar surface area (TPSA) is 85.8 Å². The third-order valence-electron chi connectivity index (χ3n) is 5.71. The minimum Gasteiger partial charge on any atom is -0.435 e. The normalized spacial score (nSPS) is 14.9. The van der Waals surface area contributed by atoms with Gasteiger partial charge in [0.05, 0.1) is 35.2 Å². The molecule has 1 amide bonds. The van der Waals surface area contributed by atoms with Gasteiger partial charge in [-0.1, -0.05) is 6.07 Å². The van der Waals surface area contributed by atoms with E-state index in [0.717, 1.165) is 12.1 Å². The quantitative estimate of drug-likeness (QED) is 0.323. The number of imidazole rings is 1. The van der Waals surface area contributed by atoms with Crippen LogP contribution in [-0.4, -0.2) is 37.8 Å². The smallest absolute Gasteiger partial charge is 0.387 e. The molecular weight excluding hydrogens is 466 g/mol. The lowest BCUT2D eigenvalue weighted by Crippen LogP contribution is -2.38. The first-order valence-electron chi connectivity index (χ1n) is 10.5. The molecular formula is C24H17F4N5O2. The van der Waals surface area contributed by atoms with Gasteiger partial charge < -0.3 is 15.4 Å². The highest BCUT2D eigenvalue weighted by Gasteiger charge is 2.28. The zero-order valence-electron chi connectivity index (χ0n) is 18.0. The Morgan fingerprint density at radius 2 is 2.06 bits per heavy atom. The second kappa shape index (κ2) is 8.77. The van der Waals surface area contributed by atoms with Gasteiger partial charge in [-0.3, -0.25) is 9.20 Å². The Bertz CT molecular complexity index is 1530. The highest BCUT2D eigenvalue weighted by Crippen LogP contribution is 2.27. The number of halogens is 4. The summed E-state index contributed by atoms with van der Waals surface area (Å²) in [6.07, 6.45) is 6.71. The van der Waals surface area contributed by atoms with Crippen molar-refractivity contribution < 1.29 is 27.1 Å². The van der Waals surface area contributed by atoms with Crippen molar-refractivity contribution in [1.29, 1.82) is 0 Å². The average molecular weight is 483 g/mol. The van der Waals surface area contributed by atoms with Crippen molar-refractivity contribution in [2.75, 3.05) is 5.73 Å². The molecule has 0 aliphatic heterocycles. The van der Waals surface area contributed by atoms with Crippen molar-refractivity contribution in [3.8, 4) is 5.75 Å². The summed E-state index contributed by atoms with van der Waals surface area (Å²) in [6, 6.07) is 5.19. The van der Waals surface area contributed by atoms with Gasteiger partial charge in [0.15, 0.2) is 0 Å². The van der Waals surface area contributed by atoms with Gasteiger partial charge >= 0.3 is 6.61 Å². The van der Waals surface area contributed by atoms with Crippen LogP contribution >= 0.6 is 0 Å². The van der Waals surface area contributed by atoms with E-state index >= 15 is 4.39 Å². The van der Waals surface area contributed by atoms with Crippen LogP contribution < -0.4 is 10.5 Å². The fourth-order valence-corrected chi connectivity index (χ4v) is 4.02. The van der Waals surface area contributed by atoms with Crippen molar-refractivity contribution in [2.24, 2.45) is 0 Å². The van der Waals surface area contributed by atoms with Gasteiger partial charge in [0.2, 0.25) is 0 Å². The van der Waals surface area contributed by atoms with E-state index in [1.165, 1.54) is 35.6 Å². The maximum atomic E-state index is 15.1. The molecule has 0 bridgehead atoms. The summed E-state index contributed by atoms with van der Waals surface area (Å²) in [6.45, 7) is -3.34. The lowest BCUT2D eigenvalue weighted by atomic mass is 10.1. The number of nitrogen functional groups attached to an aromatic ring is 1. The number of alkyl halides is 2. The number of benzene rings is 2. The van der Waals surface area contributed by atoms with Gasteiger partial charge in [-0.25, -0.2) is 18.7 Å². The molecule has 0 saturated heterocycles. The molecule has 4 aromatic rings. The molecule has 2 aromatic carbocycles. The van der Waals surface area contributed by atoms with E-state index in [2.05, 4.69) is 20.4 Å². The Morgan fingerprint density at radius 1 is 1.23 bits per heavy atom. The van der Waals surface area contributed by atoms with Gasteiger partial charge in [0, 0.05) is 24.2 Å². The summed E-state index contributed by atoms with van der Waals surface area (Å²) in [4.78, 5) is 23.1. The number of carbonyl (C=O) groups is 1.